The highest BCUT2D eigenvalue weighted by molar-refractivity contribution is 7.99. The van der Waals surface area contributed by atoms with E-state index in [-0.39, 0.29) is 23.3 Å². The molecule has 0 radical (unpaired) electrons. The van der Waals surface area contributed by atoms with Gasteiger partial charge in [-0.3, -0.25) is 4.90 Å². The van der Waals surface area contributed by atoms with Gasteiger partial charge in [0.15, 0.2) is 0 Å². The van der Waals surface area contributed by atoms with Gasteiger partial charge in [-0.05, 0) is 32.2 Å². The van der Waals surface area contributed by atoms with Crippen molar-refractivity contribution in [3.63, 3.8) is 0 Å². The van der Waals surface area contributed by atoms with E-state index in [1.165, 1.54) is 6.26 Å². The van der Waals surface area contributed by atoms with Gasteiger partial charge in [-0.25, -0.2) is 8.42 Å². The second-order valence-electron chi connectivity index (χ2n) is 5.99. The first kappa shape index (κ1) is 15.6. The Morgan fingerprint density at radius 3 is 2.74 bits per heavy atom. The van der Waals surface area contributed by atoms with E-state index < -0.39 is 9.84 Å². The fraction of sp³-hybridized carbons (Fsp3) is 1.00. The van der Waals surface area contributed by atoms with Gasteiger partial charge in [0.2, 0.25) is 0 Å². The predicted molar refractivity (Wildman–Crippen MR) is 80.3 cm³/mol. The third kappa shape index (κ3) is 3.86. The Hall–Kier alpha value is 0.220. The zero-order valence-corrected chi connectivity index (χ0v) is 13.4. The van der Waals surface area contributed by atoms with Crippen molar-refractivity contribution in [1.29, 1.82) is 0 Å². The fourth-order valence-electron chi connectivity index (χ4n) is 3.26. The maximum absolute atomic E-state index is 11.7. The summed E-state index contributed by atoms with van der Waals surface area (Å²) in [4.78, 5) is 2.23. The van der Waals surface area contributed by atoms with Crippen LogP contribution in [-0.2, 0) is 9.84 Å². The third-order valence-electron chi connectivity index (χ3n) is 4.59. The summed E-state index contributed by atoms with van der Waals surface area (Å²) in [5, 5.41) is 10.4. The van der Waals surface area contributed by atoms with E-state index in [2.05, 4.69) is 11.9 Å². The van der Waals surface area contributed by atoms with Crippen molar-refractivity contribution in [1.82, 2.24) is 4.90 Å². The van der Waals surface area contributed by atoms with Gasteiger partial charge in [-0.1, -0.05) is 6.42 Å². The van der Waals surface area contributed by atoms with Crippen LogP contribution < -0.4 is 0 Å². The maximum Gasteiger partial charge on any atom is 0.150 e. The monoisotopic (exact) mass is 307 g/mol. The molecule has 0 bridgehead atoms. The van der Waals surface area contributed by atoms with Crippen molar-refractivity contribution < 1.29 is 13.5 Å². The number of rotatable bonds is 3. The largest absolute Gasteiger partial charge is 0.391 e. The SMILES string of the molecule is CN1CCSCC1C(O)C1CCCC(S(C)(=O)=O)C1. The Balaban J connectivity index is 2.00. The van der Waals surface area contributed by atoms with Gasteiger partial charge >= 0.3 is 0 Å². The van der Waals surface area contributed by atoms with E-state index in [0.717, 1.165) is 37.3 Å². The number of aliphatic hydroxyl groups is 1. The standard InChI is InChI=1S/C13H25NO3S2/c1-14-6-7-18-9-12(14)13(15)10-4-3-5-11(8-10)19(2,16)17/h10-13,15H,3-9H2,1-2H3. The molecule has 1 saturated heterocycles. The topological polar surface area (TPSA) is 57.6 Å². The minimum Gasteiger partial charge on any atom is -0.391 e. The molecule has 0 spiro atoms. The van der Waals surface area contributed by atoms with E-state index in [1.807, 2.05) is 11.8 Å². The Bertz CT molecular complexity index is 399. The van der Waals surface area contributed by atoms with Crippen molar-refractivity contribution in [2.75, 3.05) is 31.4 Å². The van der Waals surface area contributed by atoms with Gasteiger partial charge in [0.05, 0.1) is 11.4 Å². The summed E-state index contributed by atoms with van der Waals surface area (Å²) in [5.41, 5.74) is 0. The highest BCUT2D eigenvalue weighted by Crippen LogP contribution is 2.33. The summed E-state index contributed by atoms with van der Waals surface area (Å²) in [6.07, 6.45) is 4.22. The van der Waals surface area contributed by atoms with Crippen LogP contribution in [0.25, 0.3) is 0 Å². The van der Waals surface area contributed by atoms with Crippen molar-refractivity contribution in [2.45, 2.75) is 43.1 Å². The number of thioether (sulfide) groups is 1. The average Bonchev–Trinajstić information content (AvgIpc) is 2.38. The third-order valence-corrected chi connectivity index (χ3v) is 7.28. The Morgan fingerprint density at radius 1 is 1.37 bits per heavy atom. The number of likely N-dealkylation sites (N-methyl/N-ethyl adjacent to an activating group) is 1. The van der Waals surface area contributed by atoms with Gasteiger partial charge in [0.1, 0.15) is 9.84 Å². The molecule has 1 N–H and O–H groups in total. The van der Waals surface area contributed by atoms with Crippen molar-refractivity contribution in [3.05, 3.63) is 0 Å². The lowest BCUT2D eigenvalue weighted by molar-refractivity contribution is 0.0173. The second kappa shape index (κ2) is 6.33. The molecule has 0 aromatic heterocycles. The molecule has 2 fully saturated rings. The first-order valence-electron chi connectivity index (χ1n) is 7.04. The molecular formula is C13H25NO3S2. The van der Waals surface area contributed by atoms with Crippen LogP contribution >= 0.6 is 11.8 Å². The molecule has 1 aliphatic carbocycles. The van der Waals surface area contributed by atoms with Crippen LogP contribution in [0.2, 0.25) is 0 Å². The number of aliphatic hydroxyl groups excluding tert-OH is 1. The highest BCUT2D eigenvalue weighted by Gasteiger charge is 2.37. The zero-order chi connectivity index (χ0) is 14.0. The first-order chi connectivity index (χ1) is 8.89. The number of sulfone groups is 1. The molecule has 1 saturated carbocycles. The minimum absolute atomic E-state index is 0.139. The van der Waals surface area contributed by atoms with Crippen LogP contribution in [0.4, 0.5) is 0 Å². The van der Waals surface area contributed by atoms with Gasteiger partial charge in [0.25, 0.3) is 0 Å². The van der Waals surface area contributed by atoms with Gasteiger partial charge in [-0.15, -0.1) is 0 Å². The number of hydrogen-bond donors (Lipinski definition) is 1. The molecule has 0 amide bonds. The fourth-order valence-corrected chi connectivity index (χ4v) is 5.73. The van der Waals surface area contributed by atoms with Crippen LogP contribution in [0.15, 0.2) is 0 Å². The van der Waals surface area contributed by atoms with E-state index in [1.54, 1.807) is 0 Å². The minimum atomic E-state index is -2.97. The lowest BCUT2D eigenvalue weighted by atomic mass is 9.82. The maximum atomic E-state index is 11.7. The number of hydrogen-bond acceptors (Lipinski definition) is 5. The highest BCUT2D eigenvalue weighted by atomic mass is 32.2. The Morgan fingerprint density at radius 2 is 2.11 bits per heavy atom. The Kier molecular flexibility index (Phi) is 5.20. The molecule has 4 atom stereocenters. The molecule has 1 heterocycles. The zero-order valence-electron chi connectivity index (χ0n) is 11.8. The van der Waals surface area contributed by atoms with E-state index in [0.29, 0.717) is 6.42 Å². The molecule has 19 heavy (non-hydrogen) atoms. The molecular weight excluding hydrogens is 282 g/mol. The van der Waals surface area contributed by atoms with E-state index in [4.69, 9.17) is 0 Å². The summed E-state index contributed by atoms with van der Waals surface area (Å²) in [6.45, 7) is 1.01. The molecule has 2 aliphatic rings. The molecule has 2 rings (SSSR count). The molecule has 4 unspecified atom stereocenters. The van der Waals surface area contributed by atoms with Crippen molar-refractivity contribution in [3.8, 4) is 0 Å². The molecule has 4 nitrogen and oxygen atoms in total. The van der Waals surface area contributed by atoms with Crippen LogP contribution in [-0.4, -0.2) is 67.2 Å². The smallest absolute Gasteiger partial charge is 0.150 e. The van der Waals surface area contributed by atoms with Crippen molar-refractivity contribution in [2.24, 2.45) is 5.92 Å². The van der Waals surface area contributed by atoms with E-state index in [9.17, 15) is 13.5 Å². The lowest BCUT2D eigenvalue weighted by Crippen LogP contribution is -2.51. The lowest BCUT2D eigenvalue weighted by Gasteiger charge is -2.40. The number of nitrogens with zero attached hydrogens (tertiary/aromatic N) is 1. The summed E-state index contributed by atoms with van der Waals surface area (Å²) in [7, 11) is -0.906. The quantitative estimate of drug-likeness (QED) is 0.843. The predicted octanol–water partition coefficient (Wildman–Crippen LogP) is 0.998. The first-order valence-corrected chi connectivity index (χ1v) is 10.2. The van der Waals surface area contributed by atoms with Crippen LogP contribution in [0.1, 0.15) is 25.7 Å². The van der Waals surface area contributed by atoms with Crippen LogP contribution in [0.5, 0.6) is 0 Å². The van der Waals surface area contributed by atoms with Crippen molar-refractivity contribution >= 4 is 21.6 Å². The second-order valence-corrected chi connectivity index (χ2v) is 9.47. The Labute approximate surface area is 120 Å². The van der Waals surface area contributed by atoms with Crippen LogP contribution in [0.3, 0.4) is 0 Å². The molecule has 1 aliphatic heterocycles. The van der Waals surface area contributed by atoms with Gasteiger partial charge in [0, 0.05) is 30.3 Å². The van der Waals surface area contributed by atoms with Gasteiger partial charge < -0.3 is 5.11 Å². The molecule has 0 aromatic rings. The summed E-state index contributed by atoms with van der Waals surface area (Å²) in [6, 6.07) is 0.182. The normalized spacial score (nSPS) is 36.1. The summed E-state index contributed by atoms with van der Waals surface area (Å²) in [5.74, 6) is 2.22. The summed E-state index contributed by atoms with van der Waals surface area (Å²) < 4.78 is 23.4. The average molecular weight is 307 g/mol. The molecule has 0 aromatic carbocycles. The summed E-state index contributed by atoms with van der Waals surface area (Å²) >= 11 is 1.89. The van der Waals surface area contributed by atoms with Gasteiger partial charge in [-0.2, -0.15) is 11.8 Å². The van der Waals surface area contributed by atoms with E-state index >= 15 is 0 Å². The molecule has 112 valence electrons. The van der Waals surface area contributed by atoms with Crippen LogP contribution in [0, 0.1) is 5.92 Å². The molecule has 6 heteroatoms.